The van der Waals surface area contributed by atoms with Gasteiger partial charge in [0.05, 0.1) is 18.6 Å². The van der Waals surface area contributed by atoms with Gasteiger partial charge in [0, 0.05) is 31.0 Å². The van der Waals surface area contributed by atoms with E-state index in [2.05, 4.69) is 14.9 Å². The van der Waals surface area contributed by atoms with Gasteiger partial charge in [-0.25, -0.2) is 4.98 Å². The van der Waals surface area contributed by atoms with E-state index < -0.39 is 12.1 Å². The predicted molar refractivity (Wildman–Crippen MR) is 106 cm³/mol. The number of hydrogen-bond acceptors (Lipinski definition) is 3. The Hall–Kier alpha value is -2.51. The number of fused-ring (bicyclic) bond motifs is 1. The Morgan fingerprint density at radius 3 is 2.63 bits per heavy atom. The Labute approximate surface area is 173 Å². The molecule has 1 aliphatic heterocycles. The quantitative estimate of drug-likeness (QED) is 0.785. The maximum atomic E-state index is 13.4. The Bertz CT molecular complexity index is 919. The molecule has 5 rings (SSSR count). The molecule has 0 bridgehead atoms. The van der Waals surface area contributed by atoms with Crippen LogP contribution in [0, 0.1) is 5.92 Å². The Morgan fingerprint density at radius 2 is 2.00 bits per heavy atom. The number of hydrogen-bond donors (Lipinski definition) is 1. The van der Waals surface area contributed by atoms with Crippen LogP contribution in [0.1, 0.15) is 54.8 Å². The van der Waals surface area contributed by atoms with Crippen molar-refractivity contribution < 1.29 is 18.0 Å². The molecule has 2 heterocycles. The number of rotatable bonds is 5. The first-order chi connectivity index (χ1) is 14.4. The molecule has 2 saturated carbocycles. The molecule has 1 atom stereocenters. The summed E-state index contributed by atoms with van der Waals surface area (Å²) in [5.41, 5.74) is 3.83. The molecule has 1 aromatic carbocycles. The first kappa shape index (κ1) is 19.5. The van der Waals surface area contributed by atoms with Crippen molar-refractivity contribution in [1.29, 1.82) is 0 Å². The monoisotopic (exact) mass is 418 g/mol. The van der Waals surface area contributed by atoms with Gasteiger partial charge >= 0.3 is 12.1 Å². The first-order valence-electron chi connectivity index (χ1n) is 10.6. The molecule has 160 valence electrons. The van der Waals surface area contributed by atoms with E-state index in [1.165, 1.54) is 0 Å². The molecule has 0 saturated heterocycles. The highest BCUT2D eigenvalue weighted by Gasteiger charge is 2.46. The van der Waals surface area contributed by atoms with Crippen LogP contribution in [0.3, 0.4) is 0 Å². The van der Waals surface area contributed by atoms with Crippen molar-refractivity contribution in [3.63, 3.8) is 0 Å². The van der Waals surface area contributed by atoms with Gasteiger partial charge in [0.2, 0.25) is 0 Å². The lowest BCUT2D eigenvalue weighted by Gasteiger charge is -2.34. The molecular weight excluding hydrogens is 393 g/mol. The smallest absolute Gasteiger partial charge is 0.361 e. The van der Waals surface area contributed by atoms with Crippen molar-refractivity contribution in [2.24, 2.45) is 5.92 Å². The molecule has 0 radical (unpaired) electrons. The lowest BCUT2D eigenvalue weighted by Crippen LogP contribution is -2.47. The number of imidazole rings is 1. The van der Waals surface area contributed by atoms with Gasteiger partial charge in [-0.15, -0.1) is 0 Å². The molecule has 2 aliphatic carbocycles. The molecular formula is C22H25F3N4O. The fourth-order valence-electron chi connectivity index (χ4n) is 4.66. The minimum atomic E-state index is -4.86. The summed E-state index contributed by atoms with van der Waals surface area (Å²) in [7, 11) is 0. The summed E-state index contributed by atoms with van der Waals surface area (Å²) in [5, 5.41) is 0. The number of nitrogens with one attached hydrogen (secondary N) is 1. The fourth-order valence-corrected chi connectivity index (χ4v) is 4.66. The van der Waals surface area contributed by atoms with Crippen molar-refractivity contribution in [2.75, 3.05) is 11.4 Å². The highest BCUT2D eigenvalue weighted by molar-refractivity contribution is 5.82. The van der Waals surface area contributed by atoms with E-state index >= 15 is 0 Å². The number of benzene rings is 1. The summed E-state index contributed by atoms with van der Waals surface area (Å²) in [6, 6.07) is 5.85. The second-order valence-electron chi connectivity index (χ2n) is 8.84. The van der Waals surface area contributed by atoms with Gasteiger partial charge < -0.3 is 14.8 Å². The molecule has 2 aromatic rings. The number of halogens is 3. The van der Waals surface area contributed by atoms with Crippen LogP contribution in [0.2, 0.25) is 0 Å². The molecule has 2 fully saturated rings. The van der Waals surface area contributed by atoms with Gasteiger partial charge in [-0.05, 0) is 48.3 Å². The molecule has 5 nitrogen and oxygen atoms in total. The van der Waals surface area contributed by atoms with Gasteiger partial charge in [0.15, 0.2) is 0 Å². The van der Waals surface area contributed by atoms with Gasteiger partial charge in [-0.1, -0.05) is 25.0 Å². The first-order valence-corrected chi connectivity index (χ1v) is 10.6. The zero-order chi connectivity index (χ0) is 20.9. The van der Waals surface area contributed by atoms with Gasteiger partial charge in [0.25, 0.3) is 0 Å². The SMILES string of the molecule is O=C(N1Cc2c(C3CC3)cccc2N(Cc2cnc[nH]2)C(CC2CC2)C1)C(F)(F)F. The number of H-pyrrole nitrogens is 1. The molecule has 1 amide bonds. The van der Waals surface area contributed by atoms with E-state index in [4.69, 9.17) is 0 Å². The number of anilines is 1. The third-order valence-electron chi connectivity index (χ3n) is 6.46. The maximum Gasteiger partial charge on any atom is 0.471 e. The topological polar surface area (TPSA) is 52.2 Å². The number of nitrogens with zero attached hydrogens (tertiary/aromatic N) is 3. The molecule has 8 heteroatoms. The van der Waals surface area contributed by atoms with E-state index in [1.807, 2.05) is 18.2 Å². The van der Waals surface area contributed by atoms with Crippen molar-refractivity contribution in [2.45, 2.75) is 63.3 Å². The molecule has 1 N–H and O–H groups in total. The number of amides is 1. The lowest BCUT2D eigenvalue weighted by atomic mass is 9.99. The summed E-state index contributed by atoms with van der Waals surface area (Å²) in [6.07, 6.45) is 3.62. The van der Waals surface area contributed by atoms with Crippen molar-refractivity contribution in [1.82, 2.24) is 14.9 Å². The van der Waals surface area contributed by atoms with E-state index in [1.54, 1.807) is 12.5 Å². The fraction of sp³-hybridized carbons (Fsp3) is 0.545. The van der Waals surface area contributed by atoms with Crippen molar-refractivity contribution >= 4 is 11.6 Å². The Kier molecular flexibility index (Phi) is 4.75. The molecule has 1 unspecified atom stereocenters. The van der Waals surface area contributed by atoms with E-state index in [-0.39, 0.29) is 19.1 Å². The zero-order valence-electron chi connectivity index (χ0n) is 16.7. The van der Waals surface area contributed by atoms with Gasteiger partial charge in [-0.2, -0.15) is 13.2 Å². The number of alkyl halides is 3. The van der Waals surface area contributed by atoms with Crippen LogP contribution >= 0.6 is 0 Å². The zero-order valence-corrected chi connectivity index (χ0v) is 16.7. The lowest BCUT2D eigenvalue weighted by molar-refractivity contribution is -0.186. The van der Waals surface area contributed by atoms with Crippen LogP contribution in [0.15, 0.2) is 30.7 Å². The Balaban J connectivity index is 1.58. The summed E-state index contributed by atoms with van der Waals surface area (Å²) in [6.45, 7) is 0.634. The average Bonchev–Trinajstić information content (AvgIpc) is 3.63. The minimum Gasteiger partial charge on any atom is -0.361 e. The van der Waals surface area contributed by atoms with Crippen molar-refractivity contribution in [3.05, 3.63) is 47.5 Å². The number of aromatic nitrogens is 2. The van der Waals surface area contributed by atoms with E-state index in [9.17, 15) is 18.0 Å². The molecule has 30 heavy (non-hydrogen) atoms. The highest BCUT2D eigenvalue weighted by atomic mass is 19.4. The van der Waals surface area contributed by atoms with Crippen LogP contribution in [-0.4, -0.2) is 39.5 Å². The largest absolute Gasteiger partial charge is 0.471 e. The third kappa shape index (κ3) is 3.91. The number of carbonyl (C=O) groups is 1. The van der Waals surface area contributed by atoms with Crippen LogP contribution in [-0.2, 0) is 17.9 Å². The molecule has 3 aliphatic rings. The highest BCUT2D eigenvalue weighted by Crippen LogP contribution is 2.46. The van der Waals surface area contributed by atoms with Crippen LogP contribution in [0.25, 0.3) is 0 Å². The summed E-state index contributed by atoms with van der Waals surface area (Å²) in [4.78, 5) is 22.8. The predicted octanol–water partition coefficient (Wildman–Crippen LogP) is 4.37. The van der Waals surface area contributed by atoms with E-state index in [0.717, 1.165) is 59.5 Å². The molecule has 1 aromatic heterocycles. The minimum absolute atomic E-state index is 0.0149. The second kappa shape index (κ2) is 7.32. The Morgan fingerprint density at radius 1 is 1.20 bits per heavy atom. The normalized spacial score (nSPS) is 22.0. The number of aromatic amines is 1. The summed E-state index contributed by atoms with van der Waals surface area (Å²) >= 11 is 0. The second-order valence-corrected chi connectivity index (χ2v) is 8.84. The van der Waals surface area contributed by atoms with Gasteiger partial charge in [0.1, 0.15) is 0 Å². The van der Waals surface area contributed by atoms with Crippen LogP contribution in [0.5, 0.6) is 0 Å². The summed E-state index contributed by atoms with van der Waals surface area (Å²) in [5.74, 6) is -0.824. The molecule has 0 spiro atoms. The number of carbonyl (C=O) groups excluding carboxylic acids is 1. The maximum absolute atomic E-state index is 13.4. The van der Waals surface area contributed by atoms with E-state index in [0.29, 0.717) is 18.4 Å². The van der Waals surface area contributed by atoms with Crippen molar-refractivity contribution in [3.8, 4) is 0 Å². The van der Waals surface area contributed by atoms with Crippen LogP contribution in [0.4, 0.5) is 18.9 Å². The van der Waals surface area contributed by atoms with Crippen LogP contribution < -0.4 is 4.90 Å². The summed E-state index contributed by atoms with van der Waals surface area (Å²) < 4.78 is 40.2. The standard InChI is InChI=1S/C22H25F3N4O/c23-22(24,25)21(30)28-11-17(8-14-4-5-14)29(10-16-9-26-13-27-16)20-3-1-2-18(15-6-7-15)19(20)12-28/h1-3,9,13-15,17H,4-8,10-12H2,(H,26,27). The van der Waals surface area contributed by atoms with Gasteiger partial charge in [-0.3, -0.25) is 4.79 Å². The average molecular weight is 418 g/mol. The third-order valence-corrected chi connectivity index (χ3v) is 6.46.